The van der Waals surface area contributed by atoms with Crippen LogP contribution in [0.1, 0.15) is 22.5 Å². The van der Waals surface area contributed by atoms with Crippen molar-refractivity contribution in [2.75, 3.05) is 39.5 Å². The van der Waals surface area contributed by atoms with Gasteiger partial charge in [0.2, 0.25) is 0 Å². The van der Waals surface area contributed by atoms with Crippen LogP contribution in [0.3, 0.4) is 0 Å². The van der Waals surface area contributed by atoms with Crippen molar-refractivity contribution in [3.8, 4) is 0 Å². The predicted molar refractivity (Wildman–Crippen MR) is 105 cm³/mol. The van der Waals surface area contributed by atoms with Crippen LogP contribution in [0.5, 0.6) is 0 Å². The van der Waals surface area contributed by atoms with Gasteiger partial charge in [0.25, 0.3) is 0 Å². The average Bonchev–Trinajstić information content (AvgIpc) is 2.77. The number of thiazole rings is 1. The summed E-state index contributed by atoms with van der Waals surface area (Å²) in [6.07, 6.45) is 0.887. The summed E-state index contributed by atoms with van der Waals surface area (Å²) < 4.78 is 5.20. The molecule has 0 amide bonds. The van der Waals surface area contributed by atoms with Gasteiger partial charge in [-0.1, -0.05) is 0 Å². The molecule has 2 rings (SSSR count). The number of aromatic nitrogens is 1. The summed E-state index contributed by atoms with van der Waals surface area (Å²) in [7, 11) is 0. The Morgan fingerprint density at radius 1 is 1.39 bits per heavy atom. The molecule has 0 aromatic carbocycles. The number of aliphatic hydroxyl groups is 1. The van der Waals surface area contributed by atoms with Crippen LogP contribution in [0.2, 0.25) is 0 Å². The summed E-state index contributed by atoms with van der Waals surface area (Å²) in [5.41, 5.74) is 0.932. The van der Waals surface area contributed by atoms with E-state index in [0.717, 1.165) is 36.2 Å². The maximum atomic E-state index is 9.44. The molecule has 8 heteroatoms. The molecule has 132 valence electrons. The van der Waals surface area contributed by atoms with Crippen LogP contribution >= 0.6 is 35.3 Å². The summed E-state index contributed by atoms with van der Waals surface area (Å²) in [6, 6.07) is 0. The van der Waals surface area contributed by atoms with Gasteiger partial charge in [0.15, 0.2) is 5.96 Å². The van der Waals surface area contributed by atoms with E-state index in [1.54, 1.807) is 11.3 Å². The molecule has 1 aliphatic heterocycles. The van der Waals surface area contributed by atoms with E-state index in [-0.39, 0.29) is 36.0 Å². The zero-order valence-electron chi connectivity index (χ0n) is 14.0. The molecule has 0 bridgehead atoms. The molecular formula is C15H27IN4O2S. The maximum Gasteiger partial charge on any atom is 0.191 e. The first-order chi connectivity index (χ1) is 10.6. The molecule has 1 aromatic heterocycles. The largest absolute Gasteiger partial charge is 0.396 e. The molecule has 23 heavy (non-hydrogen) atoms. The molecule has 0 atom stereocenters. The molecule has 1 saturated heterocycles. The summed E-state index contributed by atoms with van der Waals surface area (Å²) >= 11 is 1.75. The number of nitrogens with one attached hydrogen (secondary N) is 2. The highest BCUT2D eigenvalue weighted by Crippen LogP contribution is 2.26. The van der Waals surface area contributed by atoms with E-state index in [0.29, 0.717) is 19.8 Å². The van der Waals surface area contributed by atoms with Gasteiger partial charge in [0.1, 0.15) is 0 Å². The second kappa shape index (κ2) is 9.75. The van der Waals surface area contributed by atoms with Crippen LogP contribution in [-0.4, -0.2) is 55.5 Å². The van der Waals surface area contributed by atoms with Crippen molar-refractivity contribution in [2.45, 2.75) is 27.2 Å². The number of hydrogen-bond acceptors (Lipinski definition) is 5. The van der Waals surface area contributed by atoms with E-state index in [1.165, 1.54) is 4.88 Å². The van der Waals surface area contributed by atoms with Crippen molar-refractivity contribution in [1.29, 1.82) is 0 Å². The van der Waals surface area contributed by atoms with Crippen molar-refractivity contribution >= 4 is 41.3 Å². The highest BCUT2D eigenvalue weighted by Gasteiger charge is 2.37. The number of ether oxygens (including phenoxy) is 1. The second-order valence-corrected chi connectivity index (χ2v) is 7.06. The lowest BCUT2D eigenvalue weighted by atomic mass is 9.87. The number of hydrogen-bond donors (Lipinski definition) is 3. The Labute approximate surface area is 159 Å². The molecule has 6 nitrogen and oxygen atoms in total. The van der Waals surface area contributed by atoms with Gasteiger partial charge in [-0.05, 0) is 20.8 Å². The fourth-order valence-corrected chi connectivity index (χ4v) is 3.08. The third-order valence-corrected chi connectivity index (χ3v) is 4.91. The van der Waals surface area contributed by atoms with Gasteiger partial charge in [-0.25, -0.2) is 4.98 Å². The molecule has 1 aliphatic rings. The molecule has 0 spiro atoms. The lowest BCUT2D eigenvalue weighted by molar-refractivity contribution is -0.130. The highest BCUT2D eigenvalue weighted by molar-refractivity contribution is 14.0. The monoisotopic (exact) mass is 454 g/mol. The van der Waals surface area contributed by atoms with Crippen molar-refractivity contribution in [3.05, 3.63) is 15.6 Å². The van der Waals surface area contributed by atoms with Gasteiger partial charge in [-0.3, -0.25) is 4.99 Å². The zero-order valence-corrected chi connectivity index (χ0v) is 17.2. The highest BCUT2D eigenvalue weighted by atomic mass is 127. The minimum absolute atomic E-state index is 0. The predicted octanol–water partition coefficient (Wildman–Crippen LogP) is 1.48. The molecular weight excluding hydrogens is 427 g/mol. The van der Waals surface area contributed by atoms with E-state index in [9.17, 15) is 5.11 Å². The summed E-state index contributed by atoms with van der Waals surface area (Å²) in [5, 5.41) is 17.1. The quantitative estimate of drug-likeness (QED) is 0.331. The molecule has 1 aromatic rings. The van der Waals surface area contributed by atoms with Crippen LogP contribution in [0.15, 0.2) is 4.99 Å². The Bertz CT molecular complexity index is 493. The van der Waals surface area contributed by atoms with Crippen molar-refractivity contribution < 1.29 is 9.84 Å². The Hall–Kier alpha value is -0.450. The second-order valence-electron chi connectivity index (χ2n) is 5.77. The molecule has 0 saturated carbocycles. The van der Waals surface area contributed by atoms with Gasteiger partial charge in [-0.15, -0.1) is 35.3 Å². The van der Waals surface area contributed by atoms with Gasteiger partial charge in [0, 0.05) is 24.4 Å². The maximum absolute atomic E-state index is 9.44. The fraction of sp³-hybridized carbons (Fsp3) is 0.733. The summed E-state index contributed by atoms with van der Waals surface area (Å²) in [6.45, 7) is 9.66. The first kappa shape index (κ1) is 20.6. The van der Waals surface area contributed by atoms with Gasteiger partial charge >= 0.3 is 0 Å². The van der Waals surface area contributed by atoms with Crippen molar-refractivity contribution in [1.82, 2.24) is 15.6 Å². The Morgan fingerprint density at radius 3 is 2.61 bits per heavy atom. The zero-order chi connectivity index (χ0) is 16.0. The van der Waals surface area contributed by atoms with E-state index >= 15 is 0 Å². The molecule has 0 aliphatic carbocycles. The van der Waals surface area contributed by atoms with Crippen LogP contribution in [-0.2, 0) is 11.2 Å². The lowest BCUT2D eigenvalue weighted by Gasteiger charge is -2.38. The normalized spacial score (nSPS) is 16.4. The van der Waals surface area contributed by atoms with E-state index in [2.05, 4.69) is 27.5 Å². The summed E-state index contributed by atoms with van der Waals surface area (Å²) in [4.78, 5) is 10.4. The first-order valence-corrected chi connectivity index (χ1v) is 8.54. The molecule has 0 radical (unpaired) electrons. The third-order valence-electron chi connectivity index (χ3n) is 3.77. The SMILES string of the molecule is CCNC(=NCC1(CO)COC1)NCCc1nc(C)c(C)s1.I. The van der Waals surface area contributed by atoms with Crippen LogP contribution in [0.4, 0.5) is 0 Å². The number of rotatable bonds is 7. The van der Waals surface area contributed by atoms with E-state index in [4.69, 9.17) is 4.74 Å². The number of nitrogens with zero attached hydrogens (tertiary/aromatic N) is 2. The molecule has 3 N–H and O–H groups in total. The Morgan fingerprint density at radius 2 is 2.13 bits per heavy atom. The van der Waals surface area contributed by atoms with Crippen molar-refractivity contribution in [3.63, 3.8) is 0 Å². The number of aliphatic hydroxyl groups excluding tert-OH is 1. The Balaban J connectivity index is 0.00000264. The number of guanidine groups is 1. The summed E-state index contributed by atoms with van der Waals surface area (Å²) in [5.74, 6) is 0.784. The topological polar surface area (TPSA) is 78.8 Å². The molecule has 0 unspecified atom stereocenters. The number of halogens is 1. The first-order valence-electron chi connectivity index (χ1n) is 7.72. The smallest absolute Gasteiger partial charge is 0.191 e. The lowest BCUT2D eigenvalue weighted by Crippen LogP contribution is -2.49. The standard InChI is InChI=1S/C15H26N4O2S.HI/c1-4-16-14(18-7-15(8-20)9-21-10-15)17-6-5-13-19-11(2)12(3)22-13;/h20H,4-10H2,1-3H3,(H2,16,17,18);1H. The van der Waals surface area contributed by atoms with Crippen LogP contribution in [0.25, 0.3) is 0 Å². The third kappa shape index (κ3) is 5.84. The van der Waals surface area contributed by atoms with Crippen LogP contribution in [0, 0.1) is 19.3 Å². The number of aliphatic imine (C=N–C) groups is 1. The fourth-order valence-electron chi connectivity index (χ4n) is 2.15. The average molecular weight is 454 g/mol. The van der Waals surface area contributed by atoms with Crippen molar-refractivity contribution in [2.24, 2.45) is 10.4 Å². The van der Waals surface area contributed by atoms with Gasteiger partial charge < -0.3 is 20.5 Å². The Kier molecular flexibility index (Phi) is 8.73. The number of aryl methyl sites for hydroxylation is 2. The van der Waals surface area contributed by atoms with Gasteiger partial charge in [-0.2, -0.15) is 0 Å². The van der Waals surface area contributed by atoms with Gasteiger partial charge in [0.05, 0.1) is 42.5 Å². The molecule has 1 fully saturated rings. The minimum Gasteiger partial charge on any atom is -0.396 e. The van der Waals surface area contributed by atoms with E-state index < -0.39 is 0 Å². The van der Waals surface area contributed by atoms with E-state index in [1.807, 2.05) is 13.8 Å². The molecule has 2 heterocycles. The van der Waals surface area contributed by atoms with Crippen LogP contribution < -0.4 is 10.6 Å². The minimum atomic E-state index is -0.189.